The molecule has 2 bridgehead atoms. The fraction of sp³-hybridized carbons (Fsp3) is 0.833. The molecule has 13 heavy (non-hydrogen) atoms. The summed E-state index contributed by atoms with van der Waals surface area (Å²) in [7, 11) is 2.00. The summed E-state index contributed by atoms with van der Waals surface area (Å²) in [5.41, 5.74) is 0. The molecule has 0 saturated heterocycles. The monoisotopic (exact) mass is 175 g/mol. The van der Waals surface area contributed by atoms with E-state index in [9.17, 15) is 0 Å². The molecule has 0 aromatic heterocycles. The van der Waals surface area contributed by atoms with Gasteiger partial charge in [-0.1, -0.05) is 5.92 Å². The van der Waals surface area contributed by atoms with Gasteiger partial charge in [0.05, 0.1) is 6.04 Å². The molecule has 0 amide bonds. The van der Waals surface area contributed by atoms with Gasteiger partial charge in [-0.3, -0.25) is 0 Å². The van der Waals surface area contributed by atoms with Crippen LogP contribution in [0.1, 0.15) is 19.3 Å². The summed E-state index contributed by atoms with van der Waals surface area (Å²) in [5.74, 6) is 7.84. The summed E-state index contributed by atoms with van der Waals surface area (Å²) in [6.07, 6.45) is 10.0. The first kappa shape index (κ1) is 7.88. The number of hydrogen-bond acceptors (Lipinski definition) is 1. The zero-order valence-corrected chi connectivity index (χ0v) is 8.16. The van der Waals surface area contributed by atoms with Gasteiger partial charge < -0.3 is 5.32 Å². The Balaban J connectivity index is 1.76. The highest BCUT2D eigenvalue weighted by atomic mass is 14.9. The van der Waals surface area contributed by atoms with Crippen LogP contribution in [0.2, 0.25) is 0 Å². The fourth-order valence-corrected chi connectivity index (χ4v) is 4.23. The second-order valence-electron chi connectivity index (χ2n) is 5.00. The van der Waals surface area contributed by atoms with Crippen molar-refractivity contribution in [3.8, 4) is 12.3 Å². The van der Waals surface area contributed by atoms with Crippen LogP contribution in [0.15, 0.2) is 0 Å². The van der Waals surface area contributed by atoms with Gasteiger partial charge in [0.1, 0.15) is 0 Å². The maximum atomic E-state index is 5.53. The molecule has 0 aliphatic heterocycles. The first-order valence-electron chi connectivity index (χ1n) is 5.50. The second kappa shape index (κ2) is 2.51. The molecule has 3 aliphatic carbocycles. The van der Waals surface area contributed by atoms with Gasteiger partial charge in [0.15, 0.2) is 0 Å². The van der Waals surface area contributed by atoms with Gasteiger partial charge in [-0.25, -0.2) is 0 Å². The molecular formula is C12H17N. The van der Waals surface area contributed by atoms with Crippen LogP contribution in [0.5, 0.6) is 0 Å². The summed E-state index contributed by atoms with van der Waals surface area (Å²) in [4.78, 5) is 0. The van der Waals surface area contributed by atoms with Crippen molar-refractivity contribution in [2.45, 2.75) is 25.3 Å². The van der Waals surface area contributed by atoms with E-state index in [2.05, 4.69) is 11.2 Å². The van der Waals surface area contributed by atoms with Gasteiger partial charge in [0, 0.05) is 0 Å². The molecule has 3 saturated carbocycles. The van der Waals surface area contributed by atoms with Gasteiger partial charge in [-0.05, 0) is 55.9 Å². The number of fused-ring (bicyclic) bond motifs is 5. The van der Waals surface area contributed by atoms with E-state index in [1.807, 2.05) is 7.05 Å². The molecule has 3 rings (SSSR count). The Morgan fingerprint density at radius 3 is 2.38 bits per heavy atom. The highest BCUT2D eigenvalue weighted by molar-refractivity contribution is 5.20. The number of nitrogens with one attached hydrogen (secondary N) is 1. The normalized spacial score (nSPS) is 52.8. The Kier molecular flexibility index (Phi) is 1.52. The van der Waals surface area contributed by atoms with Crippen LogP contribution in [-0.2, 0) is 0 Å². The first-order valence-corrected chi connectivity index (χ1v) is 5.50. The largest absolute Gasteiger partial charge is 0.307 e. The van der Waals surface area contributed by atoms with Crippen LogP contribution >= 0.6 is 0 Å². The summed E-state index contributed by atoms with van der Waals surface area (Å²) >= 11 is 0. The molecule has 70 valence electrons. The van der Waals surface area contributed by atoms with E-state index >= 15 is 0 Å². The molecule has 0 spiro atoms. The summed E-state index contributed by atoms with van der Waals surface area (Å²) in [6.45, 7) is 0. The minimum atomic E-state index is 0.360. The molecule has 3 fully saturated rings. The van der Waals surface area contributed by atoms with Crippen LogP contribution in [0.4, 0.5) is 0 Å². The molecular weight excluding hydrogens is 158 g/mol. The van der Waals surface area contributed by atoms with Crippen molar-refractivity contribution in [1.82, 2.24) is 5.32 Å². The van der Waals surface area contributed by atoms with E-state index in [0.29, 0.717) is 6.04 Å². The predicted molar refractivity (Wildman–Crippen MR) is 53.0 cm³/mol. The zero-order chi connectivity index (χ0) is 9.00. The van der Waals surface area contributed by atoms with E-state index in [4.69, 9.17) is 6.42 Å². The number of hydrogen-bond donors (Lipinski definition) is 1. The number of terminal acetylenes is 1. The molecule has 0 heterocycles. The van der Waals surface area contributed by atoms with Crippen molar-refractivity contribution in [1.29, 1.82) is 0 Å². The van der Waals surface area contributed by atoms with Crippen molar-refractivity contribution in [2.75, 3.05) is 7.05 Å². The topological polar surface area (TPSA) is 12.0 Å². The molecule has 0 radical (unpaired) electrons. The summed E-state index contributed by atoms with van der Waals surface area (Å²) in [6, 6.07) is 0.360. The van der Waals surface area contributed by atoms with Crippen LogP contribution in [0, 0.1) is 41.9 Å². The van der Waals surface area contributed by atoms with Gasteiger partial charge >= 0.3 is 0 Å². The van der Waals surface area contributed by atoms with Crippen molar-refractivity contribution >= 4 is 0 Å². The molecule has 5 unspecified atom stereocenters. The maximum Gasteiger partial charge on any atom is 0.0718 e. The molecule has 1 heteroatoms. The molecule has 1 nitrogen and oxygen atoms in total. The SMILES string of the molecule is C#CC(NC)C1C2C3CCC(C3)C21. The lowest BCUT2D eigenvalue weighted by molar-refractivity contribution is 0.421. The van der Waals surface area contributed by atoms with Crippen LogP contribution in [0.3, 0.4) is 0 Å². The van der Waals surface area contributed by atoms with Gasteiger partial charge in [0.25, 0.3) is 0 Å². The summed E-state index contributed by atoms with van der Waals surface area (Å²) in [5, 5.41) is 3.28. The van der Waals surface area contributed by atoms with E-state index in [0.717, 1.165) is 29.6 Å². The van der Waals surface area contributed by atoms with Crippen molar-refractivity contribution < 1.29 is 0 Å². The van der Waals surface area contributed by atoms with Crippen molar-refractivity contribution in [3.05, 3.63) is 0 Å². The Bertz CT molecular complexity index is 249. The lowest BCUT2D eigenvalue weighted by atomic mass is 9.98. The standard InChI is InChI=1S/C12H17N/c1-3-9(13-2)12-10-7-4-5-8(6-7)11(10)12/h1,7-13H,4-6H2,2H3. The third-order valence-electron chi connectivity index (χ3n) is 4.67. The first-order chi connectivity index (χ1) is 6.36. The van der Waals surface area contributed by atoms with E-state index < -0.39 is 0 Å². The predicted octanol–water partition coefficient (Wildman–Crippen LogP) is 1.50. The third-order valence-corrected chi connectivity index (χ3v) is 4.67. The summed E-state index contributed by atoms with van der Waals surface area (Å²) < 4.78 is 0. The van der Waals surface area contributed by atoms with E-state index in [-0.39, 0.29) is 0 Å². The molecule has 1 N–H and O–H groups in total. The molecule has 3 aliphatic rings. The highest BCUT2D eigenvalue weighted by Gasteiger charge is 2.66. The zero-order valence-electron chi connectivity index (χ0n) is 8.16. The minimum absolute atomic E-state index is 0.360. The molecule has 5 atom stereocenters. The lowest BCUT2D eigenvalue weighted by Gasteiger charge is -2.13. The average molecular weight is 175 g/mol. The molecule has 0 aromatic carbocycles. The van der Waals surface area contributed by atoms with Crippen LogP contribution in [-0.4, -0.2) is 13.1 Å². The Morgan fingerprint density at radius 2 is 1.92 bits per heavy atom. The number of rotatable bonds is 2. The van der Waals surface area contributed by atoms with E-state index in [1.165, 1.54) is 19.3 Å². The fourth-order valence-electron chi connectivity index (χ4n) is 4.23. The van der Waals surface area contributed by atoms with Crippen LogP contribution < -0.4 is 5.32 Å². The Morgan fingerprint density at radius 1 is 1.31 bits per heavy atom. The Labute approximate surface area is 80.3 Å². The second-order valence-corrected chi connectivity index (χ2v) is 5.00. The third kappa shape index (κ3) is 0.876. The van der Waals surface area contributed by atoms with Gasteiger partial charge in [0.2, 0.25) is 0 Å². The average Bonchev–Trinajstić information content (AvgIpc) is 2.59. The van der Waals surface area contributed by atoms with Crippen LogP contribution in [0.25, 0.3) is 0 Å². The minimum Gasteiger partial charge on any atom is -0.307 e. The van der Waals surface area contributed by atoms with Gasteiger partial charge in [-0.2, -0.15) is 0 Å². The highest BCUT2D eigenvalue weighted by Crippen LogP contribution is 2.70. The van der Waals surface area contributed by atoms with Gasteiger partial charge in [-0.15, -0.1) is 6.42 Å². The maximum absolute atomic E-state index is 5.53. The van der Waals surface area contributed by atoms with E-state index in [1.54, 1.807) is 0 Å². The van der Waals surface area contributed by atoms with Crippen molar-refractivity contribution in [3.63, 3.8) is 0 Å². The smallest absolute Gasteiger partial charge is 0.0718 e. The van der Waals surface area contributed by atoms with Crippen molar-refractivity contribution in [2.24, 2.45) is 29.6 Å². The quantitative estimate of drug-likeness (QED) is 0.627. The lowest BCUT2D eigenvalue weighted by Crippen LogP contribution is -2.28. The molecule has 0 aromatic rings. The Hall–Kier alpha value is -0.480.